The standard InChI is InChI=1S/C24H29NO4/c1-27-22-15-18-12-13-25(24(26)21-9-6-14-29-21)20(19(18)16-23(22)28-2)11-10-17-7-4-3-5-8-17/h3-5,7-8,15-16,20-21H,6,9-14H2,1-2H3. The molecular formula is C24H29NO4. The molecular weight excluding hydrogens is 366 g/mol. The van der Waals surface area contributed by atoms with E-state index in [1.165, 1.54) is 11.1 Å². The first kappa shape index (κ1) is 19.8. The highest BCUT2D eigenvalue weighted by atomic mass is 16.5. The van der Waals surface area contributed by atoms with E-state index >= 15 is 0 Å². The van der Waals surface area contributed by atoms with E-state index in [-0.39, 0.29) is 18.1 Å². The maximum atomic E-state index is 13.3. The Hall–Kier alpha value is -2.53. The van der Waals surface area contributed by atoms with Crippen LogP contribution in [0, 0.1) is 0 Å². The fourth-order valence-corrected chi connectivity index (χ4v) is 4.51. The van der Waals surface area contributed by atoms with Gasteiger partial charge in [0, 0.05) is 13.2 Å². The summed E-state index contributed by atoms with van der Waals surface area (Å²) in [6, 6.07) is 14.6. The molecule has 1 amide bonds. The Morgan fingerprint density at radius 1 is 1.14 bits per heavy atom. The molecule has 154 valence electrons. The second kappa shape index (κ2) is 8.87. The van der Waals surface area contributed by atoms with Crippen LogP contribution >= 0.6 is 0 Å². The zero-order valence-electron chi connectivity index (χ0n) is 17.2. The van der Waals surface area contributed by atoms with Crippen molar-refractivity contribution in [1.29, 1.82) is 0 Å². The third-order valence-electron chi connectivity index (χ3n) is 6.04. The van der Waals surface area contributed by atoms with Crippen molar-refractivity contribution in [2.24, 2.45) is 0 Å². The number of ether oxygens (including phenoxy) is 3. The number of fused-ring (bicyclic) bond motifs is 1. The molecule has 4 rings (SSSR count). The molecule has 2 aliphatic heterocycles. The predicted octanol–water partition coefficient (Wildman–Crippen LogP) is 3.94. The number of carbonyl (C=O) groups is 1. The summed E-state index contributed by atoms with van der Waals surface area (Å²) in [6.45, 7) is 1.39. The summed E-state index contributed by atoms with van der Waals surface area (Å²) in [5.74, 6) is 1.58. The molecule has 0 bridgehead atoms. The SMILES string of the molecule is COc1cc2c(cc1OC)C(CCc1ccccc1)N(C(=O)C1CCCO1)CC2. The number of hydrogen-bond acceptors (Lipinski definition) is 4. The number of benzene rings is 2. The monoisotopic (exact) mass is 395 g/mol. The molecule has 2 atom stereocenters. The van der Waals surface area contributed by atoms with Crippen LogP contribution in [0.5, 0.6) is 11.5 Å². The maximum Gasteiger partial charge on any atom is 0.252 e. The molecule has 5 nitrogen and oxygen atoms in total. The van der Waals surface area contributed by atoms with Crippen molar-refractivity contribution in [2.45, 2.75) is 44.2 Å². The highest BCUT2D eigenvalue weighted by Gasteiger charge is 2.36. The highest BCUT2D eigenvalue weighted by molar-refractivity contribution is 5.82. The summed E-state index contributed by atoms with van der Waals surface area (Å²) in [4.78, 5) is 15.3. The first-order chi connectivity index (χ1) is 14.2. The van der Waals surface area contributed by atoms with Crippen LogP contribution in [0.15, 0.2) is 42.5 Å². The molecule has 2 aromatic carbocycles. The van der Waals surface area contributed by atoms with Crippen molar-refractivity contribution in [1.82, 2.24) is 4.90 Å². The molecule has 0 radical (unpaired) electrons. The minimum atomic E-state index is -0.295. The van der Waals surface area contributed by atoms with E-state index in [0.717, 1.165) is 43.4 Å². The van der Waals surface area contributed by atoms with Gasteiger partial charge >= 0.3 is 0 Å². The zero-order chi connectivity index (χ0) is 20.2. The molecule has 2 unspecified atom stereocenters. The lowest BCUT2D eigenvalue weighted by atomic mass is 9.88. The molecule has 2 aliphatic rings. The van der Waals surface area contributed by atoms with Gasteiger partial charge in [-0.2, -0.15) is 0 Å². The third-order valence-corrected chi connectivity index (χ3v) is 6.04. The first-order valence-electron chi connectivity index (χ1n) is 10.4. The van der Waals surface area contributed by atoms with E-state index in [1.807, 2.05) is 11.0 Å². The van der Waals surface area contributed by atoms with Crippen LogP contribution in [-0.4, -0.2) is 44.3 Å². The molecule has 0 aromatic heterocycles. The van der Waals surface area contributed by atoms with Gasteiger partial charge in [0.25, 0.3) is 5.91 Å². The van der Waals surface area contributed by atoms with Gasteiger partial charge in [-0.3, -0.25) is 4.79 Å². The Kier molecular flexibility index (Phi) is 6.05. The molecule has 1 saturated heterocycles. The van der Waals surface area contributed by atoms with E-state index in [1.54, 1.807) is 14.2 Å². The van der Waals surface area contributed by atoms with Gasteiger partial charge in [0.05, 0.1) is 20.3 Å². The molecule has 0 saturated carbocycles. The lowest BCUT2D eigenvalue weighted by molar-refractivity contribution is -0.144. The van der Waals surface area contributed by atoms with Gasteiger partial charge < -0.3 is 19.1 Å². The van der Waals surface area contributed by atoms with Gasteiger partial charge in [-0.05, 0) is 60.9 Å². The minimum absolute atomic E-state index is 0.00969. The van der Waals surface area contributed by atoms with Crippen LogP contribution in [0.25, 0.3) is 0 Å². The predicted molar refractivity (Wildman–Crippen MR) is 111 cm³/mol. The van der Waals surface area contributed by atoms with Gasteiger partial charge in [-0.1, -0.05) is 30.3 Å². The quantitative estimate of drug-likeness (QED) is 0.743. The van der Waals surface area contributed by atoms with Crippen molar-refractivity contribution >= 4 is 5.91 Å². The van der Waals surface area contributed by atoms with Gasteiger partial charge in [0.1, 0.15) is 6.10 Å². The minimum Gasteiger partial charge on any atom is -0.493 e. The molecule has 1 fully saturated rings. The first-order valence-corrected chi connectivity index (χ1v) is 10.4. The fraction of sp³-hybridized carbons (Fsp3) is 0.458. The van der Waals surface area contributed by atoms with Gasteiger partial charge in [0.15, 0.2) is 11.5 Å². The molecule has 5 heteroatoms. The lowest BCUT2D eigenvalue weighted by Gasteiger charge is -2.39. The molecule has 0 aliphatic carbocycles. The third kappa shape index (κ3) is 4.10. The number of hydrogen-bond donors (Lipinski definition) is 0. The molecule has 2 heterocycles. The van der Waals surface area contributed by atoms with Crippen LogP contribution in [0.1, 0.15) is 42.0 Å². The van der Waals surface area contributed by atoms with Crippen LogP contribution in [-0.2, 0) is 22.4 Å². The number of carbonyl (C=O) groups excluding carboxylic acids is 1. The van der Waals surface area contributed by atoms with E-state index in [4.69, 9.17) is 14.2 Å². The molecule has 0 N–H and O–H groups in total. The number of rotatable bonds is 6. The van der Waals surface area contributed by atoms with Crippen molar-refractivity contribution in [3.63, 3.8) is 0 Å². The normalized spacial score (nSPS) is 21.0. The van der Waals surface area contributed by atoms with Crippen molar-refractivity contribution in [3.8, 4) is 11.5 Å². The lowest BCUT2D eigenvalue weighted by Crippen LogP contribution is -2.45. The van der Waals surface area contributed by atoms with E-state index < -0.39 is 0 Å². The molecule has 29 heavy (non-hydrogen) atoms. The maximum absolute atomic E-state index is 13.3. The summed E-state index contributed by atoms with van der Waals surface area (Å²) in [5.41, 5.74) is 3.68. The molecule has 0 spiro atoms. The number of nitrogens with zero attached hydrogens (tertiary/aromatic N) is 1. The van der Waals surface area contributed by atoms with Gasteiger partial charge in [0.2, 0.25) is 0 Å². The average molecular weight is 395 g/mol. The van der Waals surface area contributed by atoms with Crippen LogP contribution in [0.2, 0.25) is 0 Å². The van der Waals surface area contributed by atoms with E-state index in [9.17, 15) is 4.79 Å². The van der Waals surface area contributed by atoms with E-state index in [2.05, 4.69) is 36.4 Å². The Morgan fingerprint density at radius 2 is 1.90 bits per heavy atom. The topological polar surface area (TPSA) is 48.0 Å². The second-order valence-electron chi connectivity index (χ2n) is 7.73. The van der Waals surface area contributed by atoms with E-state index in [0.29, 0.717) is 18.9 Å². The summed E-state index contributed by atoms with van der Waals surface area (Å²) < 4.78 is 16.8. The van der Waals surface area contributed by atoms with Crippen LogP contribution in [0.3, 0.4) is 0 Å². The van der Waals surface area contributed by atoms with Crippen LogP contribution < -0.4 is 9.47 Å². The Labute approximate surface area is 172 Å². The smallest absolute Gasteiger partial charge is 0.252 e. The van der Waals surface area contributed by atoms with Crippen molar-refractivity contribution < 1.29 is 19.0 Å². The largest absolute Gasteiger partial charge is 0.493 e. The number of methoxy groups -OCH3 is 2. The summed E-state index contributed by atoms with van der Waals surface area (Å²) in [6.07, 6.45) is 4.08. The van der Waals surface area contributed by atoms with Crippen LogP contribution in [0.4, 0.5) is 0 Å². The van der Waals surface area contributed by atoms with Gasteiger partial charge in [-0.15, -0.1) is 0 Å². The van der Waals surface area contributed by atoms with Gasteiger partial charge in [-0.25, -0.2) is 0 Å². The zero-order valence-corrected chi connectivity index (χ0v) is 17.2. The Morgan fingerprint density at radius 3 is 2.59 bits per heavy atom. The number of amides is 1. The van der Waals surface area contributed by atoms with Crippen molar-refractivity contribution in [3.05, 3.63) is 59.2 Å². The highest BCUT2D eigenvalue weighted by Crippen LogP contribution is 2.40. The Balaban J connectivity index is 1.66. The summed E-state index contributed by atoms with van der Waals surface area (Å²) >= 11 is 0. The summed E-state index contributed by atoms with van der Waals surface area (Å²) in [5, 5.41) is 0. The second-order valence-corrected chi connectivity index (χ2v) is 7.73. The summed E-state index contributed by atoms with van der Waals surface area (Å²) in [7, 11) is 3.31. The number of aryl methyl sites for hydroxylation is 1. The van der Waals surface area contributed by atoms with Crippen molar-refractivity contribution in [2.75, 3.05) is 27.4 Å². The Bertz CT molecular complexity index is 845. The fourth-order valence-electron chi connectivity index (χ4n) is 4.51. The average Bonchev–Trinajstić information content (AvgIpc) is 3.31. The molecule has 2 aromatic rings.